The third-order valence-electron chi connectivity index (χ3n) is 4.83. The van der Waals surface area contributed by atoms with E-state index in [4.69, 9.17) is 23.2 Å². The van der Waals surface area contributed by atoms with Gasteiger partial charge in [-0.3, -0.25) is 19.8 Å². The molecule has 1 N–H and O–H groups in total. The maximum Gasteiger partial charge on any atom is 0.271 e. The standard InChI is InChI=1S/C19H20Cl2N4O3/c1-13(19(26)22-18-12-16(25(27)28)5-6-17(18)21)23-7-9-24(10-8-23)15-4-2-3-14(20)11-15/h2-6,11-13H,7-10H2,1H3,(H,22,26). The monoisotopic (exact) mass is 422 g/mol. The molecule has 9 heteroatoms. The van der Waals surface area contributed by atoms with Gasteiger partial charge in [0, 0.05) is 49.0 Å². The number of carbonyl (C=O) groups is 1. The highest BCUT2D eigenvalue weighted by molar-refractivity contribution is 6.33. The summed E-state index contributed by atoms with van der Waals surface area (Å²) >= 11 is 12.1. The van der Waals surface area contributed by atoms with E-state index in [1.165, 1.54) is 18.2 Å². The molecule has 0 aliphatic carbocycles. The number of nitrogens with one attached hydrogen (secondary N) is 1. The fourth-order valence-corrected chi connectivity index (χ4v) is 3.52. The fraction of sp³-hybridized carbons (Fsp3) is 0.316. The van der Waals surface area contributed by atoms with Crippen molar-refractivity contribution >= 4 is 46.2 Å². The van der Waals surface area contributed by atoms with Crippen molar-refractivity contribution in [3.05, 3.63) is 62.6 Å². The van der Waals surface area contributed by atoms with Gasteiger partial charge in [0.2, 0.25) is 5.91 Å². The van der Waals surface area contributed by atoms with Gasteiger partial charge in [-0.2, -0.15) is 0 Å². The smallest absolute Gasteiger partial charge is 0.271 e. The van der Waals surface area contributed by atoms with Crippen LogP contribution in [0.25, 0.3) is 0 Å². The summed E-state index contributed by atoms with van der Waals surface area (Å²) in [5, 5.41) is 14.6. The molecule has 0 saturated carbocycles. The van der Waals surface area contributed by atoms with Crippen LogP contribution in [0.5, 0.6) is 0 Å². The molecule has 1 unspecified atom stereocenters. The molecule has 1 saturated heterocycles. The maximum atomic E-state index is 12.6. The van der Waals surface area contributed by atoms with Crippen LogP contribution in [0.2, 0.25) is 10.0 Å². The van der Waals surface area contributed by atoms with Crippen LogP contribution >= 0.6 is 23.2 Å². The number of carbonyl (C=O) groups excluding carboxylic acids is 1. The number of nitro groups is 1. The number of amides is 1. The Hall–Kier alpha value is -2.35. The number of hydrogen-bond acceptors (Lipinski definition) is 5. The lowest BCUT2D eigenvalue weighted by molar-refractivity contribution is -0.384. The van der Waals surface area contributed by atoms with Crippen molar-refractivity contribution in [3.63, 3.8) is 0 Å². The van der Waals surface area contributed by atoms with Crippen LogP contribution in [0.1, 0.15) is 6.92 Å². The van der Waals surface area contributed by atoms with Crippen molar-refractivity contribution in [2.24, 2.45) is 0 Å². The Morgan fingerprint density at radius 2 is 1.86 bits per heavy atom. The number of nitrogens with zero attached hydrogens (tertiary/aromatic N) is 3. The molecular formula is C19H20Cl2N4O3. The van der Waals surface area contributed by atoms with Crippen LogP contribution in [0.4, 0.5) is 17.1 Å². The van der Waals surface area contributed by atoms with Crippen molar-refractivity contribution in [3.8, 4) is 0 Å². The minimum Gasteiger partial charge on any atom is -0.369 e. The largest absolute Gasteiger partial charge is 0.369 e. The van der Waals surface area contributed by atoms with E-state index in [2.05, 4.69) is 15.1 Å². The van der Waals surface area contributed by atoms with Crippen LogP contribution < -0.4 is 10.2 Å². The molecule has 2 aromatic carbocycles. The van der Waals surface area contributed by atoms with Gasteiger partial charge in [-0.25, -0.2) is 0 Å². The first-order valence-electron chi connectivity index (χ1n) is 8.84. The zero-order valence-corrected chi connectivity index (χ0v) is 16.8. The number of benzene rings is 2. The number of nitro benzene ring substituents is 1. The van der Waals surface area contributed by atoms with Gasteiger partial charge in [-0.05, 0) is 31.2 Å². The molecule has 1 fully saturated rings. The predicted octanol–water partition coefficient (Wildman–Crippen LogP) is 4.05. The number of anilines is 2. The van der Waals surface area contributed by atoms with E-state index in [1.807, 2.05) is 31.2 Å². The molecule has 0 radical (unpaired) electrons. The number of rotatable bonds is 5. The fourth-order valence-electron chi connectivity index (χ4n) is 3.17. The molecule has 7 nitrogen and oxygen atoms in total. The Bertz CT molecular complexity index is 885. The van der Waals surface area contributed by atoms with E-state index in [0.29, 0.717) is 18.1 Å². The highest BCUT2D eigenvalue weighted by Crippen LogP contribution is 2.27. The Morgan fingerprint density at radius 1 is 1.14 bits per heavy atom. The number of non-ortho nitro benzene ring substituents is 1. The van der Waals surface area contributed by atoms with E-state index in [-0.39, 0.29) is 22.3 Å². The molecule has 1 aliphatic heterocycles. The number of halogens is 2. The average Bonchev–Trinajstić information content (AvgIpc) is 2.69. The first kappa shape index (κ1) is 20.4. The van der Waals surface area contributed by atoms with E-state index < -0.39 is 11.0 Å². The van der Waals surface area contributed by atoms with Crippen molar-refractivity contribution in [1.29, 1.82) is 0 Å². The molecular weight excluding hydrogens is 403 g/mol. The van der Waals surface area contributed by atoms with E-state index >= 15 is 0 Å². The van der Waals surface area contributed by atoms with Gasteiger partial charge in [0.25, 0.3) is 5.69 Å². The van der Waals surface area contributed by atoms with E-state index in [0.717, 1.165) is 18.8 Å². The summed E-state index contributed by atoms with van der Waals surface area (Å²) in [5.74, 6) is -0.251. The third-order valence-corrected chi connectivity index (χ3v) is 5.40. The molecule has 3 rings (SSSR count). The Balaban J connectivity index is 1.60. The van der Waals surface area contributed by atoms with E-state index in [1.54, 1.807) is 0 Å². The van der Waals surface area contributed by atoms with Crippen LogP contribution in [-0.2, 0) is 4.79 Å². The third kappa shape index (κ3) is 4.73. The Labute approximate surface area is 173 Å². The van der Waals surface area contributed by atoms with Crippen molar-refractivity contribution in [1.82, 2.24) is 4.90 Å². The summed E-state index contributed by atoms with van der Waals surface area (Å²) in [6.45, 7) is 4.79. The number of hydrogen-bond donors (Lipinski definition) is 1. The number of piperazine rings is 1. The summed E-state index contributed by atoms with van der Waals surface area (Å²) in [6.07, 6.45) is 0. The lowest BCUT2D eigenvalue weighted by Crippen LogP contribution is -2.52. The molecule has 1 amide bonds. The summed E-state index contributed by atoms with van der Waals surface area (Å²) in [6, 6.07) is 11.3. The minimum atomic E-state index is -0.523. The molecule has 2 aromatic rings. The van der Waals surface area contributed by atoms with Crippen molar-refractivity contribution < 1.29 is 9.72 Å². The highest BCUT2D eigenvalue weighted by atomic mass is 35.5. The van der Waals surface area contributed by atoms with Crippen LogP contribution in [0.15, 0.2) is 42.5 Å². The molecule has 1 atom stereocenters. The summed E-state index contributed by atoms with van der Waals surface area (Å²) in [4.78, 5) is 27.3. The van der Waals surface area contributed by atoms with Gasteiger partial charge in [0.15, 0.2) is 0 Å². The second-order valence-electron chi connectivity index (χ2n) is 6.59. The molecule has 0 bridgehead atoms. The second-order valence-corrected chi connectivity index (χ2v) is 7.43. The SMILES string of the molecule is CC(C(=O)Nc1cc([N+](=O)[O-])ccc1Cl)N1CCN(c2cccc(Cl)c2)CC1. The quantitative estimate of drug-likeness (QED) is 0.580. The predicted molar refractivity (Wildman–Crippen MR) is 111 cm³/mol. The van der Waals surface area contributed by atoms with Crippen LogP contribution in [0.3, 0.4) is 0 Å². The Kier molecular flexibility index (Phi) is 6.39. The van der Waals surface area contributed by atoms with Gasteiger partial charge in [-0.1, -0.05) is 29.3 Å². The van der Waals surface area contributed by atoms with Crippen LogP contribution in [0, 0.1) is 10.1 Å². The Morgan fingerprint density at radius 3 is 2.50 bits per heavy atom. The van der Waals surface area contributed by atoms with Crippen molar-refractivity contribution in [2.75, 3.05) is 36.4 Å². The topological polar surface area (TPSA) is 78.7 Å². The van der Waals surface area contributed by atoms with E-state index in [9.17, 15) is 14.9 Å². The second kappa shape index (κ2) is 8.77. The van der Waals surface area contributed by atoms with Gasteiger partial charge in [-0.15, -0.1) is 0 Å². The molecule has 0 aromatic heterocycles. The van der Waals surface area contributed by atoms with Gasteiger partial charge >= 0.3 is 0 Å². The molecule has 0 spiro atoms. The van der Waals surface area contributed by atoms with Gasteiger partial charge in [0.1, 0.15) is 0 Å². The summed E-state index contributed by atoms with van der Waals surface area (Å²) in [7, 11) is 0. The van der Waals surface area contributed by atoms with Gasteiger partial charge < -0.3 is 10.2 Å². The molecule has 1 heterocycles. The maximum absolute atomic E-state index is 12.6. The first-order valence-corrected chi connectivity index (χ1v) is 9.60. The zero-order valence-electron chi connectivity index (χ0n) is 15.3. The summed E-state index contributed by atoms with van der Waals surface area (Å²) in [5.41, 5.74) is 1.18. The van der Waals surface area contributed by atoms with Gasteiger partial charge in [0.05, 0.1) is 21.7 Å². The lowest BCUT2D eigenvalue weighted by Gasteiger charge is -2.38. The minimum absolute atomic E-state index is 0.123. The normalized spacial score (nSPS) is 15.9. The molecule has 28 heavy (non-hydrogen) atoms. The molecule has 1 aliphatic rings. The van der Waals surface area contributed by atoms with Crippen molar-refractivity contribution in [2.45, 2.75) is 13.0 Å². The average molecular weight is 423 g/mol. The molecule has 148 valence electrons. The summed E-state index contributed by atoms with van der Waals surface area (Å²) < 4.78 is 0. The van der Waals surface area contributed by atoms with Crippen LogP contribution in [-0.4, -0.2) is 48.0 Å². The first-order chi connectivity index (χ1) is 13.3. The zero-order chi connectivity index (χ0) is 20.3. The lowest BCUT2D eigenvalue weighted by atomic mass is 10.2. The highest BCUT2D eigenvalue weighted by Gasteiger charge is 2.26.